The third-order valence-electron chi connectivity index (χ3n) is 1.94. The molecular weight excluding hydrogens is 262 g/mol. The second kappa shape index (κ2) is 6.03. The van der Waals surface area contributed by atoms with Crippen molar-refractivity contribution in [1.82, 2.24) is 5.32 Å². The Bertz CT molecular complexity index is 409. The first-order chi connectivity index (χ1) is 7.96. The van der Waals surface area contributed by atoms with Crippen molar-refractivity contribution in [2.24, 2.45) is 0 Å². The zero-order valence-electron chi connectivity index (χ0n) is 10.9. The van der Waals surface area contributed by atoms with Gasteiger partial charge in [-0.25, -0.2) is 13.2 Å². The maximum atomic E-state index is 11.5. The number of sulfone groups is 1. The fourth-order valence-corrected chi connectivity index (χ4v) is 1.99. The number of carboxylic acids is 1. The number of rotatable bonds is 5. The van der Waals surface area contributed by atoms with Crippen LogP contribution in [0.4, 0.5) is 4.79 Å². The fraction of sp³-hybridized carbons (Fsp3) is 0.800. The second-order valence-corrected chi connectivity index (χ2v) is 7.22. The number of hydrogen-bond acceptors (Lipinski definition) is 5. The molecule has 0 spiro atoms. The van der Waals surface area contributed by atoms with E-state index in [1.54, 1.807) is 20.8 Å². The highest BCUT2D eigenvalue weighted by atomic mass is 32.2. The van der Waals surface area contributed by atoms with Crippen LogP contribution in [0, 0.1) is 0 Å². The fourth-order valence-electron chi connectivity index (χ4n) is 0.940. The molecule has 0 radical (unpaired) electrons. The molecule has 0 aliphatic rings. The van der Waals surface area contributed by atoms with Crippen LogP contribution in [0.1, 0.15) is 27.7 Å². The minimum atomic E-state index is -3.77. The number of nitrogens with one attached hydrogen (secondary N) is 1. The Morgan fingerprint density at radius 1 is 1.33 bits per heavy atom. The molecule has 1 amide bonds. The van der Waals surface area contributed by atoms with E-state index in [9.17, 15) is 18.0 Å². The summed E-state index contributed by atoms with van der Waals surface area (Å²) in [7, 11) is -3.77. The molecular formula is C10H19NO6S. The number of alkyl carbamates (subject to hydrolysis) is 1. The van der Waals surface area contributed by atoms with Crippen molar-refractivity contribution in [1.29, 1.82) is 0 Å². The second-order valence-electron chi connectivity index (χ2n) is 4.78. The number of ether oxygens (including phenoxy) is 1. The molecule has 0 rings (SSSR count). The lowest BCUT2D eigenvalue weighted by atomic mass is 10.2. The molecule has 0 aliphatic carbocycles. The number of carbonyl (C=O) groups is 2. The first kappa shape index (κ1) is 16.7. The van der Waals surface area contributed by atoms with Crippen molar-refractivity contribution in [3.8, 4) is 0 Å². The molecule has 7 nitrogen and oxygen atoms in total. The normalized spacial score (nSPS) is 13.8. The zero-order valence-corrected chi connectivity index (χ0v) is 11.7. The maximum absolute atomic E-state index is 11.5. The Kier molecular flexibility index (Phi) is 5.59. The van der Waals surface area contributed by atoms with Crippen LogP contribution in [0.2, 0.25) is 0 Å². The molecule has 0 aromatic carbocycles. The SMILES string of the molecule is CC(C(=O)O)S(=O)(=O)CCNC(=O)OC(C)(C)C. The van der Waals surface area contributed by atoms with Crippen LogP contribution in [0.5, 0.6) is 0 Å². The van der Waals surface area contributed by atoms with Crippen molar-refractivity contribution in [2.45, 2.75) is 38.5 Å². The zero-order chi connectivity index (χ0) is 14.6. The summed E-state index contributed by atoms with van der Waals surface area (Å²) in [5.41, 5.74) is -0.669. The summed E-state index contributed by atoms with van der Waals surface area (Å²) in [5.74, 6) is -1.85. The van der Waals surface area contributed by atoms with E-state index in [1.165, 1.54) is 0 Å². The van der Waals surface area contributed by atoms with Gasteiger partial charge in [0.1, 0.15) is 5.60 Å². The average molecular weight is 281 g/mol. The molecule has 1 unspecified atom stereocenters. The van der Waals surface area contributed by atoms with Crippen LogP contribution >= 0.6 is 0 Å². The van der Waals surface area contributed by atoms with Gasteiger partial charge in [0.15, 0.2) is 15.1 Å². The monoisotopic (exact) mass is 281 g/mol. The number of amides is 1. The first-order valence-corrected chi connectivity index (χ1v) is 7.08. The van der Waals surface area contributed by atoms with Crippen molar-refractivity contribution in [2.75, 3.05) is 12.3 Å². The molecule has 0 fully saturated rings. The Morgan fingerprint density at radius 3 is 2.22 bits per heavy atom. The summed E-state index contributed by atoms with van der Waals surface area (Å²) < 4.78 is 27.8. The van der Waals surface area contributed by atoms with E-state index < -0.39 is 38.5 Å². The quantitative estimate of drug-likeness (QED) is 0.754. The third-order valence-corrected chi connectivity index (χ3v) is 3.99. The van der Waals surface area contributed by atoms with Crippen LogP contribution in [-0.2, 0) is 19.4 Å². The summed E-state index contributed by atoms with van der Waals surface area (Å²) >= 11 is 0. The van der Waals surface area contributed by atoms with Crippen LogP contribution in [-0.4, -0.2) is 48.7 Å². The largest absolute Gasteiger partial charge is 0.480 e. The minimum absolute atomic E-state index is 0.186. The van der Waals surface area contributed by atoms with E-state index in [4.69, 9.17) is 9.84 Å². The van der Waals surface area contributed by atoms with Crippen molar-refractivity contribution in [3.63, 3.8) is 0 Å². The molecule has 0 aliphatic heterocycles. The standard InChI is InChI=1S/C10H19NO6S/c1-7(8(12)13)18(15,16)6-5-11-9(14)17-10(2,3)4/h7H,5-6H2,1-4H3,(H,11,14)(H,12,13). The Hall–Kier alpha value is -1.31. The summed E-state index contributed by atoms with van der Waals surface area (Å²) in [6.07, 6.45) is -0.735. The predicted octanol–water partition coefficient (Wildman–Crippen LogP) is 0.399. The topological polar surface area (TPSA) is 110 Å². The van der Waals surface area contributed by atoms with E-state index in [-0.39, 0.29) is 6.54 Å². The molecule has 0 saturated carbocycles. The van der Waals surface area contributed by atoms with E-state index in [1.807, 2.05) is 0 Å². The molecule has 0 bridgehead atoms. The smallest absolute Gasteiger partial charge is 0.407 e. The van der Waals surface area contributed by atoms with Gasteiger partial charge < -0.3 is 15.2 Å². The highest BCUT2D eigenvalue weighted by Gasteiger charge is 2.27. The van der Waals surface area contributed by atoms with Crippen LogP contribution in [0.15, 0.2) is 0 Å². The molecule has 0 aromatic rings. The third kappa shape index (κ3) is 6.43. The van der Waals surface area contributed by atoms with Gasteiger partial charge in [0.05, 0.1) is 5.75 Å². The maximum Gasteiger partial charge on any atom is 0.407 e. The van der Waals surface area contributed by atoms with Gasteiger partial charge in [0.25, 0.3) is 0 Å². The molecule has 18 heavy (non-hydrogen) atoms. The van der Waals surface area contributed by atoms with Gasteiger partial charge in [-0.2, -0.15) is 0 Å². The summed E-state index contributed by atoms with van der Waals surface area (Å²) in [6.45, 7) is 5.93. The van der Waals surface area contributed by atoms with Gasteiger partial charge >= 0.3 is 12.1 Å². The highest BCUT2D eigenvalue weighted by molar-refractivity contribution is 7.92. The summed E-state index contributed by atoms with van der Waals surface area (Å²) in [6, 6.07) is 0. The Morgan fingerprint density at radius 2 is 1.83 bits per heavy atom. The van der Waals surface area contributed by atoms with Gasteiger partial charge in [-0.1, -0.05) is 0 Å². The highest BCUT2D eigenvalue weighted by Crippen LogP contribution is 2.06. The molecule has 2 N–H and O–H groups in total. The number of aliphatic carboxylic acids is 1. The van der Waals surface area contributed by atoms with Crippen LogP contribution < -0.4 is 5.32 Å². The van der Waals surface area contributed by atoms with Crippen LogP contribution in [0.3, 0.4) is 0 Å². The lowest BCUT2D eigenvalue weighted by molar-refractivity contribution is -0.136. The van der Waals surface area contributed by atoms with E-state index in [0.717, 1.165) is 6.92 Å². The molecule has 106 valence electrons. The summed E-state index contributed by atoms with van der Waals surface area (Å²) in [5, 5.41) is 9.36. The summed E-state index contributed by atoms with van der Waals surface area (Å²) in [4.78, 5) is 21.7. The molecule has 0 heterocycles. The number of carboxylic acid groups (broad SMARTS) is 1. The Labute approximate surface area is 106 Å². The van der Waals surface area contributed by atoms with Crippen molar-refractivity contribution in [3.05, 3.63) is 0 Å². The molecule has 0 aromatic heterocycles. The predicted molar refractivity (Wildman–Crippen MR) is 65.1 cm³/mol. The number of carbonyl (C=O) groups excluding carboxylic acids is 1. The Balaban J connectivity index is 4.21. The van der Waals surface area contributed by atoms with Gasteiger partial charge in [0.2, 0.25) is 0 Å². The molecule has 8 heteroatoms. The van der Waals surface area contributed by atoms with Crippen molar-refractivity contribution < 1.29 is 27.9 Å². The van der Waals surface area contributed by atoms with Crippen molar-refractivity contribution >= 4 is 21.9 Å². The lowest BCUT2D eigenvalue weighted by Gasteiger charge is -2.19. The van der Waals surface area contributed by atoms with Gasteiger partial charge in [-0.05, 0) is 27.7 Å². The average Bonchev–Trinajstić information content (AvgIpc) is 2.12. The van der Waals surface area contributed by atoms with Gasteiger partial charge in [-0.15, -0.1) is 0 Å². The van der Waals surface area contributed by atoms with E-state index in [0.29, 0.717) is 0 Å². The number of hydrogen-bond donors (Lipinski definition) is 2. The van der Waals surface area contributed by atoms with Crippen LogP contribution in [0.25, 0.3) is 0 Å². The van der Waals surface area contributed by atoms with Gasteiger partial charge in [0, 0.05) is 6.54 Å². The lowest BCUT2D eigenvalue weighted by Crippen LogP contribution is -2.37. The van der Waals surface area contributed by atoms with E-state index >= 15 is 0 Å². The molecule has 0 saturated heterocycles. The minimum Gasteiger partial charge on any atom is -0.480 e. The van der Waals surface area contributed by atoms with Gasteiger partial charge in [-0.3, -0.25) is 4.79 Å². The first-order valence-electron chi connectivity index (χ1n) is 5.37. The van der Waals surface area contributed by atoms with E-state index in [2.05, 4.69) is 5.32 Å². The molecule has 1 atom stereocenters.